The molecule has 1 aliphatic carbocycles. The number of hydrogen-bond acceptors (Lipinski definition) is 3. The second kappa shape index (κ2) is 4.30. The number of rotatable bonds is 1. The zero-order valence-corrected chi connectivity index (χ0v) is 8.70. The van der Waals surface area contributed by atoms with Gasteiger partial charge in [-0.05, 0) is 37.5 Å². The summed E-state index contributed by atoms with van der Waals surface area (Å²) in [6.45, 7) is 1.77. The number of carbonyl (C=O) groups is 1. The molecule has 1 heterocycles. The summed E-state index contributed by atoms with van der Waals surface area (Å²) in [7, 11) is 1.48. The molecule has 3 heteroatoms. The first-order valence-corrected chi connectivity index (χ1v) is 5.47. The molecule has 1 saturated carbocycles. The molecule has 1 saturated heterocycles. The monoisotopic (exact) mass is 198 g/mol. The van der Waals surface area contributed by atoms with E-state index in [-0.39, 0.29) is 11.9 Å². The minimum atomic E-state index is -0.0186. The van der Waals surface area contributed by atoms with E-state index in [2.05, 4.69) is 0 Å². The largest absolute Gasteiger partial charge is 0.469 e. The van der Waals surface area contributed by atoms with Crippen LogP contribution in [0.4, 0.5) is 0 Å². The Balaban J connectivity index is 1.92. The number of methoxy groups -OCH3 is 1. The molecule has 0 amide bonds. The van der Waals surface area contributed by atoms with Gasteiger partial charge in [0.05, 0.1) is 13.0 Å². The van der Waals surface area contributed by atoms with Gasteiger partial charge in [-0.25, -0.2) is 0 Å². The summed E-state index contributed by atoms with van der Waals surface area (Å²) in [5.74, 6) is 1.53. The molecule has 0 N–H and O–H groups in total. The van der Waals surface area contributed by atoms with Crippen molar-refractivity contribution < 1.29 is 14.3 Å². The minimum Gasteiger partial charge on any atom is -0.469 e. The van der Waals surface area contributed by atoms with Crippen LogP contribution in [-0.4, -0.2) is 26.3 Å². The molecular formula is C11H18O3. The summed E-state index contributed by atoms with van der Waals surface area (Å²) in [4.78, 5) is 11.4. The fourth-order valence-corrected chi connectivity index (χ4v) is 2.75. The van der Waals surface area contributed by atoms with E-state index >= 15 is 0 Å². The first kappa shape index (κ1) is 9.97. The van der Waals surface area contributed by atoms with E-state index in [4.69, 9.17) is 9.47 Å². The smallest absolute Gasteiger partial charge is 0.308 e. The standard InChI is InChI=1S/C11H18O3/c1-13-11(12)9-2-3-10-7-14-5-4-8(10)6-9/h8-10H,2-7H2,1H3/t8-,9-,10+/m0/s1. The third kappa shape index (κ3) is 1.92. The van der Waals surface area contributed by atoms with Crippen LogP contribution in [0.1, 0.15) is 25.7 Å². The molecule has 0 spiro atoms. The lowest BCUT2D eigenvalue weighted by Gasteiger charge is -2.38. The van der Waals surface area contributed by atoms with E-state index in [1.54, 1.807) is 0 Å². The summed E-state index contributed by atoms with van der Waals surface area (Å²) in [6, 6.07) is 0. The molecule has 2 fully saturated rings. The van der Waals surface area contributed by atoms with Crippen molar-refractivity contribution in [1.29, 1.82) is 0 Å². The summed E-state index contributed by atoms with van der Waals surface area (Å²) < 4.78 is 10.2. The van der Waals surface area contributed by atoms with Crippen LogP contribution in [0.25, 0.3) is 0 Å². The molecule has 3 atom stereocenters. The molecule has 14 heavy (non-hydrogen) atoms. The van der Waals surface area contributed by atoms with Crippen molar-refractivity contribution in [3.05, 3.63) is 0 Å². The van der Waals surface area contributed by atoms with Gasteiger partial charge >= 0.3 is 5.97 Å². The molecule has 0 aromatic heterocycles. The molecule has 2 aliphatic rings. The van der Waals surface area contributed by atoms with Gasteiger partial charge in [0.25, 0.3) is 0 Å². The van der Waals surface area contributed by atoms with Crippen LogP contribution in [-0.2, 0) is 14.3 Å². The normalized spacial score (nSPS) is 37.4. The molecule has 0 unspecified atom stereocenters. The Kier molecular flexibility index (Phi) is 3.06. The van der Waals surface area contributed by atoms with Crippen LogP contribution >= 0.6 is 0 Å². The third-order valence-corrected chi connectivity index (χ3v) is 3.64. The summed E-state index contributed by atoms with van der Waals surface area (Å²) in [6.07, 6.45) is 4.25. The second-order valence-electron chi connectivity index (χ2n) is 4.42. The number of esters is 1. The van der Waals surface area contributed by atoms with Gasteiger partial charge in [-0.3, -0.25) is 4.79 Å². The van der Waals surface area contributed by atoms with Gasteiger partial charge in [0.2, 0.25) is 0 Å². The zero-order chi connectivity index (χ0) is 9.97. The third-order valence-electron chi connectivity index (χ3n) is 3.64. The maximum absolute atomic E-state index is 11.4. The summed E-state index contributed by atoms with van der Waals surface area (Å²) in [5, 5.41) is 0. The Morgan fingerprint density at radius 2 is 2.14 bits per heavy atom. The fraction of sp³-hybridized carbons (Fsp3) is 0.909. The van der Waals surface area contributed by atoms with E-state index in [1.165, 1.54) is 7.11 Å². The van der Waals surface area contributed by atoms with Crippen LogP contribution < -0.4 is 0 Å². The predicted molar refractivity (Wildman–Crippen MR) is 51.8 cm³/mol. The lowest BCUT2D eigenvalue weighted by atomic mass is 9.72. The topological polar surface area (TPSA) is 35.5 Å². The quantitative estimate of drug-likeness (QED) is 0.600. The summed E-state index contributed by atoms with van der Waals surface area (Å²) in [5.41, 5.74) is 0. The van der Waals surface area contributed by atoms with E-state index in [0.717, 1.165) is 38.9 Å². The van der Waals surface area contributed by atoms with Crippen LogP contribution in [0.15, 0.2) is 0 Å². The Labute approximate surface area is 84.8 Å². The molecule has 80 valence electrons. The second-order valence-corrected chi connectivity index (χ2v) is 4.42. The van der Waals surface area contributed by atoms with Crippen molar-refractivity contribution in [2.24, 2.45) is 17.8 Å². The van der Waals surface area contributed by atoms with Gasteiger partial charge in [-0.1, -0.05) is 0 Å². The highest BCUT2D eigenvalue weighted by atomic mass is 16.5. The van der Waals surface area contributed by atoms with Gasteiger partial charge in [0.1, 0.15) is 0 Å². The average Bonchev–Trinajstić information content (AvgIpc) is 2.27. The molecule has 3 nitrogen and oxygen atoms in total. The van der Waals surface area contributed by atoms with E-state index in [1.807, 2.05) is 0 Å². The van der Waals surface area contributed by atoms with Crippen LogP contribution in [0.3, 0.4) is 0 Å². The number of carbonyl (C=O) groups excluding carboxylic acids is 1. The van der Waals surface area contributed by atoms with E-state index < -0.39 is 0 Å². The molecule has 0 bridgehead atoms. The van der Waals surface area contributed by atoms with Crippen molar-refractivity contribution in [1.82, 2.24) is 0 Å². The van der Waals surface area contributed by atoms with Gasteiger partial charge in [-0.15, -0.1) is 0 Å². The highest BCUT2D eigenvalue weighted by molar-refractivity contribution is 5.72. The van der Waals surface area contributed by atoms with E-state index in [0.29, 0.717) is 11.8 Å². The van der Waals surface area contributed by atoms with Crippen LogP contribution in [0.2, 0.25) is 0 Å². The highest BCUT2D eigenvalue weighted by Gasteiger charge is 2.35. The van der Waals surface area contributed by atoms with Gasteiger partial charge < -0.3 is 9.47 Å². The molecule has 0 aromatic rings. The molecule has 2 rings (SSSR count). The van der Waals surface area contributed by atoms with Crippen molar-refractivity contribution in [3.63, 3.8) is 0 Å². The Hall–Kier alpha value is -0.570. The van der Waals surface area contributed by atoms with E-state index in [9.17, 15) is 4.79 Å². The lowest BCUT2D eigenvalue weighted by Crippen LogP contribution is -2.35. The molecule has 0 radical (unpaired) electrons. The van der Waals surface area contributed by atoms with Crippen molar-refractivity contribution in [2.45, 2.75) is 25.7 Å². The maximum atomic E-state index is 11.4. The number of ether oxygens (including phenoxy) is 2. The van der Waals surface area contributed by atoms with Crippen LogP contribution in [0.5, 0.6) is 0 Å². The zero-order valence-electron chi connectivity index (χ0n) is 8.70. The Bertz CT molecular complexity index is 215. The van der Waals surface area contributed by atoms with Crippen molar-refractivity contribution >= 4 is 5.97 Å². The minimum absolute atomic E-state index is 0.0186. The Morgan fingerprint density at radius 3 is 2.93 bits per heavy atom. The van der Waals surface area contributed by atoms with Gasteiger partial charge in [0, 0.05) is 13.2 Å². The van der Waals surface area contributed by atoms with Gasteiger partial charge in [-0.2, -0.15) is 0 Å². The first-order valence-electron chi connectivity index (χ1n) is 5.47. The number of hydrogen-bond donors (Lipinski definition) is 0. The molecule has 0 aromatic carbocycles. The highest BCUT2D eigenvalue weighted by Crippen LogP contribution is 2.38. The summed E-state index contributed by atoms with van der Waals surface area (Å²) >= 11 is 0. The van der Waals surface area contributed by atoms with Crippen molar-refractivity contribution in [3.8, 4) is 0 Å². The number of fused-ring (bicyclic) bond motifs is 1. The van der Waals surface area contributed by atoms with Crippen molar-refractivity contribution in [2.75, 3.05) is 20.3 Å². The van der Waals surface area contributed by atoms with Crippen LogP contribution in [0, 0.1) is 17.8 Å². The fourth-order valence-electron chi connectivity index (χ4n) is 2.75. The molecular weight excluding hydrogens is 180 g/mol. The predicted octanol–water partition coefficient (Wildman–Crippen LogP) is 1.61. The first-order chi connectivity index (χ1) is 6.81. The average molecular weight is 198 g/mol. The molecule has 1 aliphatic heterocycles. The Morgan fingerprint density at radius 1 is 1.29 bits per heavy atom. The SMILES string of the molecule is COC(=O)[C@H]1CC[C@@H]2COCC[C@H]2C1. The maximum Gasteiger partial charge on any atom is 0.308 e. The lowest BCUT2D eigenvalue weighted by molar-refractivity contribution is -0.148. The van der Waals surface area contributed by atoms with Gasteiger partial charge in [0.15, 0.2) is 0 Å².